The van der Waals surface area contributed by atoms with Crippen molar-refractivity contribution in [3.05, 3.63) is 170 Å². The molecule has 0 bridgehead atoms. The summed E-state index contributed by atoms with van der Waals surface area (Å²) in [6.07, 6.45) is 0. The lowest BCUT2D eigenvalue weighted by molar-refractivity contribution is 1.61. The first-order chi connectivity index (χ1) is 24.4. The Morgan fingerprint density at radius 2 is 0.911 bits per heavy atom. The van der Waals surface area contributed by atoms with Crippen LogP contribution in [-0.4, -0.2) is 0 Å². The highest BCUT2D eigenvalue weighted by Crippen LogP contribution is 2.47. The Labute approximate surface area is 273 Å². The first kappa shape index (κ1) is 21.2. The molecule has 0 fully saturated rings. The van der Waals surface area contributed by atoms with Crippen molar-refractivity contribution in [2.45, 2.75) is 0 Å². The Hall–Kier alpha value is -5.50. The predicted molar refractivity (Wildman–Crippen MR) is 196 cm³/mol. The average molecular weight is 594 g/mol. The van der Waals surface area contributed by atoms with E-state index in [-0.39, 0.29) is 29.7 Å². The van der Waals surface area contributed by atoms with Gasteiger partial charge in [0.2, 0.25) is 0 Å². The summed E-state index contributed by atoms with van der Waals surface area (Å²) in [7, 11) is 0. The highest BCUT2D eigenvalue weighted by molar-refractivity contribution is 7.26. The molecule has 0 saturated heterocycles. The minimum Gasteiger partial charge on any atom is -0.135 e. The Bertz CT molecular complexity index is 2730. The zero-order valence-corrected chi connectivity index (χ0v) is 25.0. The lowest BCUT2D eigenvalue weighted by Crippen LogP contribution is -1.92. The van der Waals surface area contributed by atoms with Crippen LogP contribution in [0.25, 0.3) is 86.2 Å². The van der Waals surface area contributed by atoms with Crippen LogP contribution in [0.2, 0.25) is 0 Å². The van der Waals surface area contributed by atoms with Gasteiger partial charge in [-0.1, -0.05) is 152 Å². The second-order valence-corrected chi connectivity index (χ2v) is 12.3. The molecule has 8 aromatic carbocycles. The van der Waals surface area contributed by atoms with E-state index in [4.69, 9.17) is 6.85 Å². The molecule has 0 spiro atoms. The fourth-order valence-corrected chi connectivity index (χ4v) is 8.00. The Morgan fingerprint density at radius 1 is 0.378 bits per heavy atom. The number of benzene rings is 8. The molecule has 0 nitrogen and oxygen atoms in total. The van der Waals surface area contributed by atoms with E-state index in [1.54, 1.807) is 0 Å². The van der Waals surface area contributed by atoms with Crippen molar-refractivity contribution >= 4 is 53.1 Å². The van der Waals surface area contributed by atoms with Gasteiger partial charge in [0.25, 0.3) is 0 Å². The van der Waals surface area contributed by atoms with Crippen molar-refractivity contribution in [2.24, 2.45) is 0 Å². The normalized spacial score (nSPS) is 13.1. The van der Waals surface area contributed by atoms with E-state index >= 15 is 0 Å². The van der Waals surface area contributed by atoms with Crippen LogP contribution >= 0.6 is 11.3 Å². The van der Waals surface area contributed by atoms with Crippen LogP contribution in [0.15, 0.2) is 170 Å². The van der Waals surface area contributed by atoms with E-state index in [0.717, 1.165) is 43.8 Å². The van der Waals surface area contributed by atoms with E-state index in [9.17, 15) is 0 Å². The van der Waals surface area contributed by atoms with Gasteiger partial charge in [-0.05, 0) is 84.3 Å². The van der Waals surface area contributed by atoms with Crippen LogP contribution < -0.4 is 0 Å². The summed E-state index contributed by atoms with van der Waals surface area (Å²) in [6.45, 7) is 0. The molecule has 0 aliphatic rings. The van der Waals surface area contributed by atoms with Gasteiger partial charge >= 0.3 is 0 Å². The third-order valence-corrected chi connectivity index (χ3v) is 9.89. The van der Waals surface area contributed by atoms with Gasteiger partial charge in [-0.3, -0.25) is 0 Å². The summed E-state index contributed by atoms with van der Waals surface area (Å²) >= 11 is 1.81. The van der Waals surface area contributed by atoms with Crippen molar-refractivity contribution in [3.63, 3.8) is 0 Å². The highest BCUT2D eigenvalue weighted by atomic mass is 32.1. The van der Waals surface area contributed by atoms with Gasteiger partial charge in [-0.15, -0.1) is 11.3 Å². The Balaban J connectivity index is 1.37. The zero-order valence-electron chi connectivity index (χ0n) is 29.2. The number of rotatable bonds is 4. The molecule has 210 valence electrons. The largest absolute Gasteiger partial charge is 0.135 e. The maximum absolute atomic E-state index is 8.89. The molecule has 0 radical (unpaired) electrons. The maximum Gasteiger partial charge on any atom is 0.0629 e. The number of thiophene rings is 1. The highest BCUT2D eigenvalue weighted by Gasteiger charge is 2.19. The summed E-state index contributed by atoms with van der Waals surface area (Å²) in [5.74, 6) is 0. The maximum atomic E-state index is 8.89. The average Bonchev–Trinajstić information content (AvgIpc) is 3.55. The van der Waals surface area contributed by atoms with Gasteiger partial charge in [0, 0.05) is 20.2 Å². The van der Waals surface area contributed by atoms with Crippen LogP contribution in [-0.2, 0) is 0 Å². The van der Waals surface area contributed by atoms with Crippen molar-refractivity contribution < 1.29 is 6.85 Å². The van der Waals surface area contributed by atoms with E-state index < -0.39 is 6.04 Å². The standard InChI is InChI=1S/C44H28S/c1-3-14-29(15-4-1)33-26-27-40-44(38-24-11-12-25-39(38)45-40)43(33)32-19-13-18-31(28-32)42-36-22-9-7-20-34(36)41(30-16-5-2-6-17-30)35-21-8-10-23-37(35)42/h1-28H/i2D,5D,6D,16D,17D. The van der Waals surface area contributed by atoms with Crippen LogP contribution in [0, 0.1) is 0 Å². The molecule has 0 aliphatic heterocycles. The molecule has 1 heterocycles. The molecule has 0 unspecified atom stereocenters. The monoisotopic (exact) mass is 593 g/mol. The van der Waals surface area contributed by atoms with Gasteiger partial charge in [0.1, 0.15) is 0 Å². The van der Waals surface area contributed by atoms with Crippen LogP contribution in [0.4, 0.5) is 0 Å². The molecule has 1 heteroatoms. The summed E-state index contributed by atoms with van der Waals surface area (Å²) in [4.78, 5) is 0. The smallest absolute Gasteiger partial charge is 0.0629 e. The van der Waals surface area contributed by atoms with E-state index in [1.807, 2.05) is 53.8 Å². The second kappa shape index (κ2) is 10.6. The van der Waals surface area contributed by atoms with Gasteiger partial charge in [-0.25, -0.2) is 0 Å². The van der Waals surface area contributed by atoms with E-state index in [1.165, 1.54) is 31.3 Å². The summed E-state index contributed by atoms with van der Waals surface area (Å²) in [6, 6.07) is 47.0. The third-order valence-electron chi connectivity index (χ3n) is 8.75. The van der Waals surface area contributed by atoms with Gasteiger partial charge in [0.15, 0.2) is 0 Å². The van der Waals surface area contributed by atoms with Gasteiger partial charge in [-0.2, -0.15) is 0 Å². The van der Waals surface area contributed by atoms with Crippen LogP contribution in [0.3, 0.4) is 0 Å². The number of fused-ring (bicyclic) bond motifs is 5. The van der Waals surface area contributed by atoms with Crippen molar-refractivity contribution in [3.8, 4) is 44.5 Å². The van der Waals surface area contributed by atoms with Crippen LogP contribution in [0.5, 0.6) is 0 Å². The van der Waals surface area contributed by atoms with E-state index in [2.05, 4.69) is 97.1 Å². The SMILES string of the molecule is [2H]c1c([2H])c([2H])c(-c2c3ccccc3c(-c3cccc(-c4c(-c5ccccc5)ccc5sc6ccccc6c45)c3)c3ccccc23)c([2H])c1[2H]. The summed E-state index contributed by atoms with van der Waals surface area (Å²) in [5, 5.41) is 6.06. The second-order valence-electron chi connectivity index (χ2n) is 11.2. The minimum absolute atomic E-state index is 0.203. The molecule has 0 N–H and O–H groups in total. The topological polar surface area (TPSA) is 0 Å². The quantitative estimate of drug-likeness (QED) is 0.178. The molecule has 9 aromatic rings. The molecule has 0 saturated carbocycles. The molecule has 0 atom stereocenters. The first-order valence-electron chi connectivity index (χ1n) is 17.5. The summed E-state index contributed by atoms with van der Waals surface area (Å²) in [5.41, 5.74) is 7.57. The van der Waals surface area contributed by atoms with Crippen molar-refractivity contribution in [1.29, 1.82) is 0 Å². The lowest BCUT2D eigenvalue weighted by atomic mass is 9.84. The molecule has 0 amide bonds. The molecule has 0 aliphatic carbocycles. The fourth-order valence-electron chi connectivity index (χ4n) is 6.89. The first-order valence-corrected chi connectivity index (χ1v) is 15.8. The van der Waals surface area contributed by atoms with Crippen molar-refractivity contribution in [2.75, 3.05) is 0 Å². The summed E-state index contributed by atoms with van der Waals surface area (Å²) < 4.78 is 45.4. The predicted octanol–water partition coefficient (Wildman–Crippen LogP) is 13.0. The minimum atomic E-state index is -0.394. The zero-order chi connectivity index (χ0) is 34.1. The Kier molecular flexibility index (Phi) is 5.00. The number of hydrogen-bond acceptors (Lipinski definition) is 1. The molecular formula is C44H28S. The molecule has 9 rings (SSSR count). The van der Waals surface area contributed by atoms with Crippen LogP contribution in [0.1, 0.15) is 6.85 Å². The molecule has 45 heavy (non-hydrogen) atoms. The van der Waals surface area contributed by atoms with Gasteiger partial charge < -0.3 is 0 Å². The molecule has 1 aromatic heterocycles. The number of hydrogen-bond donors (Lipinski definition) is 0. The van der Waals surface area contributed by atoms with Gasteiger partial charge in [0.05, 0.1) is 6.85 Å². The van der Waals surface area contributed by atoms with E-state index in [0.29, 0.717) is 5.56 Å². The Morgan fingerprint density at radius 3 is 1.58 bits per heavy atom. The third kappa shape index (κ3) is 4.20. The van der Waals surface area contributed by atoms with Crippen molar-refractivity contribution in [1.82, 2.24) is 0 Å². The lowest BCUT2D eigenvalue weighted by Gasteiger charge is -2.19. The fraction of sp³-hybridized carbons (Fsp3) is 0. The molecular weight excluding hydrogens is 561 g/mol.